The average Bonchev–Trinajstić information content (AvgIpc) is 2.67. The number of rotatable bonds is 4. The van der Waals surface area contributed by atoms with Gasteiger partial charge in [-0.05, 0) is 39.7 Å². The van der Waals surface area contributed by atoms with E-state index in [-0.39, 0.29) is 16.2 Å². The number of hydrogen-bond acceptors (Lipinski definition) is 4. The average molecular weight is 362 g/mol. The van der Waals surface area contributed by atoms with Crippen LogP contribution in [0.1, 0.15) is 10.4 Å². The predicted molar refractivity (Wildman–Crippen MR) is 101 cm³/mol. The second-order valence-electron chi connectivity index (χ2n) is 5.86. The molecule has 0 N–H and O–H groups in total. The molecule has 5 heteroatoms. The second-order valence-corrected chi connectivity index (χ2v) is 7.41. The van der Waals surface area contributed by atoms with Crippen LogP contribution in [0.5, 0.6) is 5.75 Å². The van der Waals surface area contributed by atoms with Crippen molar-refractivity contribution in [2.45, 2.75) is 4.90 Å². The van der Waals surface area contributed by atoms with Crippen molar-refractivity contribution in [1.82, 2.24) is 0 Å². The number of benzene rings is 4. The number of fused-ring (bicyclic) bond motifs is 2. The van der Waals surface area contributed by atoms with Crippen molar-refractivity contribution >= 4 is 37.9 Å². The molecule has 0 amide bonds. The molecule has 0 fully saturated rings. The van der Waals surface area contributed by atoms with Crippen molar-refractivity contribution in [1.29, 1.82) is 0 Å². The molecule has 26 heavy (non-hydrogen) atoms. The molecule has 0 spiro atoms. The molecular formula is C21H14O4S. The van der Waals surface area contributed by atoms with E-state index in [1.165, 1.54) is 12.1 Å². The molecule has 0 saturated heterocycles. The van der Waals surface area contributed by atoms with E-state index in [4.69, 9.17) is 4.18 Å². The molecule has 4 nitrogen and oxygen atoms in total. The Kier molecular flexibility index (Phi) is 3.93. The van der Waals surface area contributed by atoms with E-state index in [0.717, 1.165) is 16.2 Å². The Labute approximate surface area is 150 Å². The van der Waals surface area contributed by atoms with Crippen LogP contribution in [0.3, 0.4) is 0 Å². The highest BCUT2D eigenvalue weighted by Crippen LogP contribution is 2.29. The predicted octanol–water partition coefficient (Wildman–Crippen LogP) is 4.57. The van der Waals surface area contributed by atoms with E-state index in [1.807, 2.05) is 36.4 Å². The lowest BCUT2D eigenvalue weighted by Crippen LogP contribution is -2.11. The minimum atomic E-state index is -4.06. The minimum absolute atomic E-state index is 0.0202. The number of aldehydes is 1. The number of carbonyl (C=O) groups excluding carboxylic acids is 1. The van der Waals surface area contributed by atoms with E-state index in [2.05, 4.69) is 0 Å². The Hall–Kier alpha value is -3.18. The summed E-state index contributed by atoms with van der Waals surface area (Å²) in [7, 11) is -4.06. The molecule has 0 unspecified atom stereocenters. The lowest BCUT2D eigenvalue weighted by atomic mass is 10.0. The summed E-state index contributed by atoms with van der Waals surface area (Å²) in [5, 5.41) is 3.22. The molecule has 0 atom stereocenters. The van der Waals surface area contributed by atoms with Crippen LogP contribution in [0.15, 0.2) is 83.8 Å². The van der Waals surface area contributed by atoms with Crippen molar-refractivity contribution in [2.75, 3.05) is 0 Å². The Morgan fingerprint density at radius 2 is 1.38 bits per heavy atom. The third kappa shape index (κ3) is 2.82. The maximum Gasteiger partial charge on any atom is 0.339 e. The van der Waals surface area contributed by atoms with Crippen LogP contribution in [-0.2, 0) is 10.1 Å². The summed E-state index contributed by atoms with van der Waals surface area (Å²) >= 11 is 0. The maximum absolute atomic E-state index is 12.7. The minimum Gasteiger partial charge on any atom is -0.378 e. The Morgan fingerprint density at radius 1 is 0.731 bits per heavy atom. The fraction of sp³-hybridized carbons (Fsp3) is 0. The molecule has 0 bridgehead atoms. The zero-order valence-electron chi connectivity index (χ0n) is 13.6. The second kappa shape index (κ2) is 6.28. The lowest BCUT2D eigenvalue weighted by molar-refractivity contribution is 0.112. The van der Waals surface area contributed by atoms with E-state index in [0.29, 0.717) is 11.7 Å². The summed E-state index contributed by atoms with van der Waals surface area (Å²) in [5.41, 5.74) is 0.215. The van der Waals surface area contributed by atoms with Crippen molar-refractivity contribution in [3.8, 4) is 5.75 Å². The van der Waals surface area contributed by atoms with Gasteiger partial charge in [0.25, 0.3) is 0 Å². The zero-order valence-corrected chi connectivity index (χ0v) is 14.4. The summed E-state index contributed by atoms with van der Waals surface area (Å²) in [6.07, 6.45) is 0.619. The van der Waals surface area contributed by atoms with E-state index in [9.17, 15) is 13.2 Å². The van der Waals surface area contributed by atoms with E-state index in [1.54, 1.807) is 30.3 Å². The summed E-state index contributed by atoms with van der Waals surface area (Å²) in [6, 6.07) is 22.7. The van der Waals surface area contributed by atoms with Crippen LogP contribution in [0.4, 0.5) is 0 Å². The summed E-state index contributed by atoms with van der Waals surface area (Å²) < 4.78 is 30.7. The molecule has 0 aromatic heterocycles. The van der Waals surface area contributed by atoms with E-state index >= 15 is 0 Å². The quantitative estimate of drug-likeness (QED) is 0.394. The van der Waals surface area contributed by atoms with Crippen molar-refractivity contribution < 1.29 is 17.4 Å². The molecule has 0 aliphatic carbocycles. The van der Waals surface area contributed by atoms with E-state index < -0.39 is 10.1 Å². The van der Waals surface area contributed by atoms with Gasteiger partial charge in [0.2, 0.25) is 0 Å². The first-order valence-corrected chi connectivity index (χ1v) is 9.39. The molecule has 4 aromatic rings. The Bertz CT molecular complexity index is 1240. The monoisotopic (exact) mass is 362 g/mol. The molecule has 0 heterocycles. The van der Waals surface area contributed by atoms with Crippen LogP contribution in [0, 0.1) is 0 Å². The molecule has 4 aromatic carbocycles. The van der Waals surface area contributed by atoms with Crippen LogP contribution in [0.25, 0.3) is 21.5 Å². The van der Waals surface area contributed by atoms with Gasteiger partial charge in [-0.15, -0.1) is 0 Å². The topological polar surface area (TPSA) is 60.4 Å². The molecule has 0 radical (unpaired) electrons. The van der Waals surface area contributed by atoms with Crippen molar-refractivity contribution in [2.24, 2.45) is 0 Å². The van der Waals surface area contributed by atoms with Crippen LogP contribution in [0.2, 0.25) is 0 Å². The van der Waals surface area contributed by atoms with Gasteiger partial charge >= 0.3 is 10.1 Å². The highest BCUT2D eigenvalue weighted by molar-refractivity contribution is 7.87. The molecule has 0 aliphatic heterocycles. The van der Waals surface area contributed by atoms with Crippen molar-refractivity contribution in [3.05, 3.63) is 84.4 Å². The first kappa shape index (κ1) is 16.3. The molecule has 0 aliphatic rings. The summed E-state index contributed by atoms with van der Waals surface area (Å²) in [6.45, 7) is 0. The highest BCUT2D eigenvalue weighted by Gasteiger charge is 2.20. The third-order valence-electron chi connectivity index (χ3n) is 4.26. The highest BCUT2D eigenvalue weighted by atomic mass is 32.2. The SMILES string of the molecule is O=Cc1c(OS(=O)(=O)c2ccc3ccccc3c2)ccc2ccccc12. The van der Waals surface area contributed by atoms with Gasteiger partial charge in [-0.1, -0.05) is 60.7 Å². The Morgan fingerprint density at radius 3 is 2.15 bits per heavy atom. The smallest absolute Gasteiger partial charge is 0.339 e. The normalized spacial score (nSPS) is 11.5. The molecule has 0 saturated carbocycles. The van der Waals surface area contributed by atoms with Crippen molar-refractivity contribution in [3.63, 3.8) is 0 Å². The number of carbonyl (C=O) groups is 1. The van der Waals surface area contributed by atoms with Gasteiger partial charge in [-0.25, -0.2) is 0 Å². The number of hydrogen-bond donors (Lipinski definition) is 0. The Balaban J connectivity index is 1.80. The van der Waals surface area contributed by atoms with Gasteiger partial charge in [0.1, 0.15) is 4.90 Å². The fourth-order valence-corrected chi connectivity index (χ4v) is 3.94. The van der Waals surface area contributed by atoms with Gasteiger partial charge < -0.3 is 4.18 Å². The van der Waals surface area contributed by atoms with Crippen LogP contribution >= 0.6 is 0 Å². The summed E-state index contributed by atoms with van der Waals surface area (Å²) in [5.74, 6) is 0.0202. The molecule has 128 valence electrons. The summed E-state index contributed by atoms with van der Waals surface area (Å²) in [4.78, 5) is 11.6. The van der Waals surface area contributed by atoms with Gasteiger partial charge in [-0.2, -0.15) is 8.42 Å². The van der Waals surface area contributed by atoms with Gasteiger partial charge in [0, 0.05) is 0 Å². The molecule has 4 rings (SSSR count). The zero-order chi connectivity index (χ0) is 18.1. The lowest BCUT2D eigenvalue weighted by Gasteiger charge is -2.11. The first-order chi connectivity index (χ1) is 12.6. The molecular weight excluding hydrogens is 348 g/mol. The van der Waals surface area contributed by atoms with Gasteiger partial charge in [0.15, 0.2) is 12.0 Å². The standard InChI is InChI=1S/C21H14O4S/c22-14-20-19-8-4-3-6-16(19)10-12-21(20)25-26(23,24)18-11-9-15-5-1-2-7-17(15)13-18/h1-14H. The maximum atomic E-state index is 12.7. The van der Waals surface area contributed by atoms with Gasteiger partial charge in [0.05, 0.1) is 5.56 Å². The third-order valence-corrected chi connectivity index (χ3v) is 5.49. The fourth-order valence-electron chi connectivity index (χ4n) is 2.96. The largest absolute Gasteiger partial charge is 0.378 e. The van der Waals surface area contributed by atoms with Crippen LogP contribution in [-0.4, -0.2) is 14.7 Å². The van der Waals surface area contributed by atoms with Crippen LogP contribution < -0.4 is 4.18 Å². The first-order valence-electron chi connectivity index (χ1n) is 7.99. The van der Waals surface area contributed by atoms with Gasteiger partial charge in [-0.3, -0.25) is 4.79 Å².